The summed E-state index contributed by atoms with van der Waals surface area (Å²) in [5.74, 6) is -2.57. The SMILES string of the molecule is COC(=O)c1c(OC)c(-c2c(OC)c(C(=O)OC)c(OC)c3c(OCc4ccccc4)c(OC)c(CC4(C)OCCO4)cc23)c2cc(CC3(C)OCCO3)c(OC)c(OCc3ccccc3)c2c1OC. The molecule has 0 aromatic heterocycles. The van der Waals surface area contributed by atoms with Gasteiger partial charge < -0.3 is 66.3 Å². The number of methoxy groups -OCH3 is 8. The van der Waals surface area contributed by atoms with Crippen LogP contribution in [0.2, 0.25) is 0 Å². The summed E-state index contributed by atoms with van der Waals surface area (Å²) in [4.78, 5) is 29.0. The van der Waals surface area contributed by atoms with E-state index in [9.17, 15) is 9.59 Å². The Kier molecular flexibility index (Phi) is 14.8. The van der Waals surface area contributed by atoms with Gasteiger partial charge in [0.2, 0.25) is 0 Å². The van der Waals surface area contributed by atoms with E-state index < -0.39 is 23.5 Å². The Hall–Kier alpha value is -6.98. The molecular formula is C54H58O16. The van der Waals surface area contributed by atoms with E-state index in [0.717, 1.165) is 11.1 Å². The highest BCUT2D eigenvalue weighted by molar-refractivity contribution is 6.22. The number of ether oxygens (including phenoxy) is 14. The first-order chi connectivity index (χ1) is 33.9. The number of carbonyl (C=O) groups is 2. The summed E-state index contributed by atoms with van der Waals surface area (Å²) in [5.41, 5.74) is 3.18. The van der Waals surface area contributed by atoms with E-state index in [1.807, 2.05) is 86.6 Å². The summed E-state index contributed by atoms with van der Waals surface area (Å²) < 4.78 is 87.2. The third kappa shape index (κ3) is 9.15. The van der Waals surface area contributed by atoms with Gasteiger partial charge in [0.1, 0.15) is 47.3 Å². The molecule has 16 nitrogen and oxygen atoms in total. The summed E-state index contributed by atoms with van der Waals surface area (Å²) in [6.07, 6.45) is 0.365. The monoisotopic (exact) mass is 962 g/mol. The molecule has 6 aromatic rings. The molecule has 0 bridgehead atoms. The summed E-state index contributed by atoms with van der Waals surface area (Å²) in [5, 5.41) is 1.43. The van der Waals surface area contributed by atoms with Crippen LogP contribution in [-0.4, -0.2) is 107 Å². The summed E-state index contributed by atoms with van der Waals surface area (Å²) in [6.45, 7) is 5.36. The predicted octanol–water partition coefficient (Wildman–Crippen LogP) is 9.05. The molecule has 0 atom stereocenters. The van der Waals surface area contributed by atoms with Crippen molar-refractivity contribution >= 4 is 33.5 Å². The average Bonchev–Trinajstić information content (AvgIpc) is 4.02. The van der Waals surface area contributed by atoms with Crippen LogP contribution in [0.15, 0.2) is 72.8 Å². The Morgan fingerprint density at radius 2 is 0.786 bits per heavy atom. The van der Waals surface area contributed by atoms with Gasteiger partial charge in [0, 0.05) is 45.9 Å². The number of hydrogen-bond donors (Lipinski definition) is 0. The molecule has 8 rings (SSSR count). The average molecular weight is 963 g/mol. The van der Waals surface area contributed by atoms with Gasteiger partial charge in [0.15, 0.2) is 34.6 Å². The van der Waals surface area contributed by atoms with Gasteiger partial charge in [-0.3, -0.25) is 0 Å². The van der Waals surface area contributed by atoms with E-state index >= 15 is 0 Å². The fourth-order valence-electron chi connectivity index (χ4n) is 9.53. The van der Waals surface area contributed by atoms with Crippen molar-refractivity contribution in [2.75, 3.05) is 83.3 Å². The highest BCUT2D eigenvalue weighted by Gasteiger charge is 2.41. The molecule has 2 aliphatic rings. The molecule has 2 heterocycles. The highest BCUT2D eigenvalue weighted by atomic mass is 16.7. The van der Waals surface area contributed by atoms with Crippen molar-refractivity contribution in [1.82, 2.24) is 0 Å². The Bertz CT molecular complexity index is 2690. The maximum Gasteiger partial charge on any atom is 0.345 e. The van der Waals surface area contributed by atoms with Crippen LogP contribution in [0.3, 0.4) is 0 Å². The largest absolute Gasteiger partial charge is 0.495 e. The van der Waals surface area contributed by atoms with Crippen molar-refractivity contribution in [2.45, 2.75) is 51.5 Å². The smallest absolute Gasteiger partial charge is 0.345 e. The van der Waals surface area contributed by atoms with Crippen molar-refractivity contribution < 1.29 is 75.9 Å². The fraction of sp³-hybridized carbons (Fsp3) is 0.370. The first-order valence-corrected chi connectivity index (χ1v) is 22.6. The zero-order valence-electron chi connectivity index (χ0n) is 41.1. The molecule has 0 radical (unpaired) electrons. The van der Waals surface area contributed by atoms with Crippen LogP contribution in [0.1, 0.15) is 56.8 Å². The molecule has 0 N–H and O–H groups in total. The lowest BCUT2D eigenvalue weighted by Gasteiger charge is -2.29. The van der Waals surface area contributed by atoms with Crippen molar-refractivity contribution in [1.29, 1.82) is 0 Å². The van der Waals surface area contributed by atoms with Gasteiger partial charge >= 0.3 is 11.9 Å². The number of carbonyl (C=O) groups excluding carboxylic acids is 2. The van der Waals surface area contributed by atoms with Gasteiger partial charge in [-0.1, -0.05) is 60.7 Å². The second-order valence-electron chi connectivity index (χ2n) is 16.8. The number of benzene rings is 6. The predicted molar refractivity (Wildman–Crippen MR) is 258 cm³/mol. The minimum absolute atomic E-state index is 0.0000281. The summed E-state index contributed by atoms with van der Waals surface area (Å²) in [6, 6.07) is 22.9. The van der Waals surface area contributed by atoms with Crippen LogP contribution >= 0.6 is 0 Å². The van der Waals surface area contributed by atoms with Gasteiger partial charge in [-0.05, 0) is 37.1 Å². The zero-order valence-corrected chi connectivity index (χ0v) is 41.1. The fourth-order valence-corrected chi connectivity index (χ4v) is 9.53. The Morgan fingerprint density at radius 1 is 0.457 bits per heavy atom. The maximum atomic E-state index is 14.5. The lowest BCUT2D eigenvalue weighted by atomic mass is 9.84. The van der Waals surface area contributed by atoms with E-state index in [0.29, 0.717) is 70.6 Å². The first-order valence-electron chi connectivity index (χ1n) is 22.6. The van der Waals surface area contributed by atoms with Crippen LogP contribution in [0, 0.1) is 0 Å². The Labute approximate surface area is 406 Å². The molecule has 2 saturated heterocycles. The standard InChI is InChI=1S/C54H58O16/c1-53(67-21-22-68-53)27-33-25-35-37(45(59-5)41(51(55)63-9)47(61-7)39(35)49(43(33)57-3)65-29-31-17-13-11-14-18-31)38-36-26-34(28-54(2)69-23-24-70-54)44(58-4)50(66-30-32-19-15-12-16-20-32)40(36)48(62-8)42(46(38)60-6)52(56)64-10/h11-20,25-26H,21-24,27-30H2,1-10H3. The van der Waals surface area contributed by atoms with Crippen LogP contribution in [0.25, 0.3) is 32.7 Å². The Balaban J connectivity index is 1.62. The van der Waals surface area contributed by atoms with E-state index in [4.69, 9.17) is 66.3 Å². The number of fused-ring (bicyclic) bond motifs is 2. The molecule has 6 aromatic carbocycles. The highest BCUT2D eigenvalue weighted by Crippen LogP contribution is 2.60. The third-order valence-corrected chi connectivity index (χ3v) is 12.5. The van der Waals surface area contributed by atoms with Crippen LogP contribution in [0.5, 0.6) is 46.0 Å². The lowest BCUT2D eigenvalue weighted by Crippen LogP contribution is -2.28. The van der Waals surface area contributed by atoms with Gasteiger partial charge in [0.05, 0.1) is 94.1 Å². The molecule has 16 heteroatoms. The van der Waals surface area contributed by atoms with Gasteiger partial charge in [-0.2, -0.15) is 0 Å². The van der Waals surface area contributed by atoms with E-state index in [2.05, 4.69) is 0 Å². The van der Waals surface area contributed by atoms with Gasteiger partial charge in [-0.15, -0.1) is 0 Å². The quantitative estimate of drug-likeness (QED) is 0.0706. The number of rotatable bonds is 19. The normalized spacial score (nSPS) is 14.8. The molecular weight excluding hydrogens is 905 g/mol. The number of esters is 2. The Morgan fingerprint density at radius 3 is 1.09 bits per heavy atom. The summed E-state index contributed by atoms with van der Waals surface area (Å²) in [7, 11) is 11.3. The molecule has 0 amide bonds. The van der Waals surface area contributed by atoms with Crippen molar-refractivity contribution in [3.05, 3.63) is 106 Å². The van der Waals surface area contributed by atoms with Crippen LogP contribution < -0.4 is 37.9 Å². The van der Waals surface area contributed by atoms with Crippen LogP contribution in [0.4, 0.5) is 0 Å². The lowest BCUT2D eigenvalue weighted by molar-refractivity contribution is -0.140. The van der Waals surface area contributed by atoms with E-state index in [1.54, 1.807) is 0 Å². The zero-order chi connectivity index (χ0) is 49.7. The van der Waals surface area contributed by atoms with Crippen LogP contribution in [-0.2, 0) is 54.5 Å². The molecule has 0 saturated carbocycles. The molecule has 0 aliphatic carbocycles. The second-order valence-corrected chi connectivity index (χ2v) is 16.8. The van der Waals surface area contributed by atoms with Crippen molar-refractivity contribution in [3.63, 3.8) is 0 Å². The molecule has 0 unspecified atom stereocenters. The minimum Gasteiger partial charge on any atom is -0.495 e. The van der Waals surface area contributed by atoms with Gasteiger partial charge in [0.25, 0.3) is 0 Å². The molecule has 370 valence electrons. The molecule has 0 spiro atoms. The molecule has 70 heavy (non-hydrogen) atoms. The van der Waals surface area contributed by atoms with Gasteiger partial charge in [-0.25, -0.2) is 9.59 Å². The van der Waals surface area contributed by atoms with E-state index in [1.165, 1.54) is 56.9 Å². The second kappa shape index (κ2) is 20.9. The van der Waals surface area contributed by atoms with E-state index in [-0.39, 0.29) is 82.8 Å². The van der Waals surface area contributed by atoms with Crippen molar-refractivity contribution in [3.8, 4) is 57.1 Å². The number of hydrogen-bond acceptors (Lipinski definition) is 16. The minimum atomic E-state index is -1.07. The topological polar surface area (TPSA) is 163 Å². The maximum absolute atomic E-state index is 14.5. The first kappa shape index (κ1) is 49.4. The molecule has 2 fully saturated rings. The molecule has 2 aliphatic heterocycles. The van der Waals surface area contributed by atoms with Crippen molar-refractivity contribution in [2.24, 2.45) is 0 Å². The summed E-state index contributed by atoms with van der Waals surface area (Å²) >= 11 is 0. The third-order valence-electron chi connectivity index (χ3n) is 12.5.